The van der Waals surface area contributed by atoms with Crippen LogP contribution in [0.3, 0.4) is 0 Å². The lowest BCUT2D eigenvalue weighted by Crippen LogP contribution is -2.38. The number of nitrogens with one attached hydrogen (secondary N) is 2. The summed E-state index contributed by atoms with van der Waals surface area (Å²) in [6, 6.07) is 5.26. The Bertz CT molecular complexity index is 577. The van der Waals surface area contributed by atoms with E-state index in [0.717, 1.165) is 13.0 Å². The van der Waals surface area contributed by atoms with Gasteiger partial charge in [-0.1, -0.05) is 0 Å². The second-order valence-electron chi connectivity index (χ2n) is 5.52. The summed E-state index contributed by atoms with van der Waals surface area (Å²) in [7, 11) is 1.85. The number of carbonyl (C=O) groups excluding carboxylic acids is 2. The highest BCUT2D eigenvalue weighted by Gasteiger charge is 2.16. The largest absolute Gasteiger partial charge is 0.486 e. The molecule has 0 saturated carbocycles. The number of nitrogens with zero attached hydrogens (tertiary/aromatic N) is 1. The first kappa shape index (κ1) is 18.1. The normalized spacial score (nSPS) is 12.6. The highest BCUT2D eigenvalue weighted by Crippen LogP contribution is 2.32. The zero-order valence-corrected chi connectivity index (χ0v) is 14.3. The number of carbonyl (C=O) groups is 2. The Balaban J connectivity index is 1.88. The van der Waals surface area contributed by atoms with Crippen LogP contribution in [0.1, 0.15) is 19.8 Å². The summed E-state index contributed by atoms with van der Waals surface area (Å²) in [6.45, 7) is 4.23. The number of amides is 2. The summed E-state index contributed by atoms with van der Waals surface area (Å²) in [4.78, 5) is 25.9. The van der Waals surface area contributed by atoms with Gasteiger partial charge in [0, 0.05) is 24.7 Å². The molecule has 0 unspecified atom stereocenters. The van der Waals surface area contributed by atoms with Gasteiger partial charge >= 0.3 is 0 Å². The molecule has 0 aliphatic carbocycles. The number of anilines is 1. The van der Waals surface area contributed by atoms with Crippen LogP contribution in [0, 0.1) is 0 Å². The van der Waals surface area contributed by atoms with Crippen LogP contribution in [-0.2, 0) is 9.59 Å². The third-order valence-electron chi connectivity index (χ3n) is 3.71. The van der Waals surface area contributed by atoms with Crippen molar-refractivity contribution < 1.29 is 19.1 Å². The van der Waals surface area contributed by atoms with Gasteiger partial charge in [0.25, 0.3) is 0 Å². The van der Waals surface area contributed by atoms with Crippen molar-refractivity contribution in [2.45, 2.75) is 19.8 Å². The Hall–Kier alpha value is -2.28. The van der Waals surface area contributed by atoms with Crippen LogP contribution in [0.5, 0.6) is 11.5 Å². The Morgan fingerprint density at radius 1 is 1.21 bits per heavy atom. The van der Waals surface area contributed by atoms with Crippen LogP contribution >= 0.6 is 0 Å². The highest BCUT2D eigenvalue weighted by molar-refractivity contribution is 5.94. The molecule has 0 saturated heterocycles. The van der Waals surface area contributed by atoms with E-state index in [-0.39, 0.29) is 18.4 Å². The quantitative estimate of drug-likeness (QED) is 0.699. The zero-order valence-electron chi connectivity index (χ0n) is 14.3. The fourth-order valence-corrected chi connectivity index (χ4v) is 2.45. The molecular weight excluding hydrogens is 310 g/mol. The topological polar surface area (TPSA) is 79.9 Å². The fourth-order valence-electron chi connectivity index (χ4n) is 2.45. The smallest absolute Gasteiger partial charge is 0.243 e. The van der Waals surface area contributed by atoms with Crippen LogP contribution in [0.4, 0.5) is 5.69 Å². The molecule has 1 heterocycles. The molecule has 7 heteroatoms. The van der Waals surface area contributed by atoms with Gasteiger partial charge in [0.15, 0.2) is 11.5 Å². The molecule has 1 aliphatic rings. The summed E-state index contributed by atoms with van der Waals surface area (Å²) >= 11 is 0. The molecule has 1 aromatic carbocycles. The van der Waals surface area contributed by atoms with E-state index in [4.69, 9.17) is 9.47 Å². The number of benzene rings is 1. The fraction of sp³-hybridized carbons (Fsp3) is 0.529. The van der Waals surface area contributed by atoms with Gasteiger partial charge in [-0.25, -0.2) is 0 Å². The average Bonchev–Trinajstić information content (AvgIpc) is 2.59. The summed E-state index contributed by atoms with van der Waals surface area (Å²) in [5, 5.41) is 5.80. The van der Waals surface area contributed by atoms with Crippen LogP contribution in [0.2, 0.25) is 0 Å². The van der Waals surface area contributed by atoms with Gasteiger partial charge in [0.05, 0.1) is 6.54 Å². The van der Waals surface area contributed by atoms with Gasteiger partial charge in [-0.15, -0.1) is 0 Å². The van der Waals surface area contributed by atoms with Crippen LogP contribution < -0.4 is 20.1 Å². The number of likely N-dealkylation sites (N-methyl/N-ethyl adjacent to an activating group) is 1. The van der Waals surface area contributed by atoms with Crippen molar-refractivity contribution in [3.63, 3.8) is 0 Å². The van der Waals surface area contributed by atoms with E-state index in [0.29, 0.717) is 43.4 Å². The molecule has 132 valence electrons. The molecular formula is C17H25N3O4. The van der Waals surface area contributed by atoms with Crippen molar-refractivity contribution in [2.24, 2.45) is 0 Å². The van der Waals surface area contributed by atoms with Gasteiger partial charge in [-0.3, -0.25) is 9.59 Å². The van der Waals surface area contributed by atoms with Gasteiger partial charge in [0.1, 0.15) is 13.2 Å². The minimum atomic E-state index is -0.226. The molecule has 24 heavy (non-hydrogen) atoms. The maximum absolute atomic E-state index is 12.2. The van der Waals surface area contributed by atoms with Crippen LogP contribution in [0.15, 0.2) is 18.2 Å². The maximum Gasteiger partial charge on any atom is 0.243 e. The van der Waals surface area contributed by atoms with Gasteiger partial charge in [-0.2, -0.15) is 0 Å². The standard InChI is InChI=1S/C17H25N3O4/c1-3-20(17(22)5-4-8-18-2)12-16(21)19-13-6-7-14-15(11-13)24-10-9-23-14/h6-7,11,18H,3-5,8-10,12H2,1-2H3,(H,19,21). The third-order valence-corrected chi connectivity index (χ3v) is 3.71. The summed E-state index contributed by atoms with van der Waals surface area (Å²) < 4.78 is 10.9. The first-order valence-electron chi connectivity index (χ1n) is 8.26. The van der Waals surface area contributed by atoms with Gasteiger partial charge in [-0.05, 0) is 39.1 Å². The molecule has 1 aromatic rings. The van der Waals surface area contributed by atoms with Crippen LogP contribution in [0.25, 0.3) is 0 Å². The zero-order chi connectivity index (χ0) is 17.4. The van der Waals surface area contributed by atoms with E-state index < -0.39 is 0 Å². The second kappa shape index (κ2) is 9.12. The lowest BCUT2D eigenvalue weighted by atomic mass is 10.2. The molecule has 2 amide bonds. The van der Waals surface area contributed by atoms with Crippen molar-refractivity contribution in [1.29, 1.82) is 0 Å². The number of hydrogen-bond donors (Lipinski definition) is 2. The Kier molecular flexibility index (Phi) is 6.87. The highest BCUT2D eigenvalue weighted by atomic mass is 16.6. The first-order chi connectivity index (χ1) is 11.6. The van der Waals surface area contributed by atoms with Crippen molar-refractivity contribution >= 4 is 17.5 Å². The van der Waals surface area contributed by atoms with Gasteiger partial charge in [0.2, 0.25) is 11.8 Å². The Morgan fingerprint density at radius 3 is 2.67 bits per heavy atom. The molecule has 0 bridgehead atoms. The lowest BCUT2D eigenvalue weighted by molar-refractivity contribution is -0.134. The number of hydrogen-bond acceptors (Lipinski definition) is 5. The van der Waals surface area contributed by atoms with E-state index in [1.807, 2.05) is 14.0 Å². The van der Waals surface area contributed by atoms with E-state index in [9.17, 15) is 9.59 Å². The molecule has 1 aliphatic heterocycles. The van der Waals surface area contributed by atoms with Crippen molar-refractivity contribution in [2.75, 3.05) is 45.2 Å². The molecule has 2 N–H and O–H groups in total. The van der Waals surface area contributed by atoms with Crippen molar-refractivity contribution in [3.05, 3.63) is 18.2 Å². The number of fused-ring (bicyclic) bond motifs is 1. The lowest BCUT2D eigenvalue weighted by Gasteiger charge is -2.21. The van der Waals surface area contributed by atoms with E-state index in [1.165, 1.54) is 0 Å². The Labute approximate surface area is 142 Å². The van der Waals surface area contributed by atoms with E-state index in [1.54, 1.807) is 23.1 Å². The Morgan fingerprint density at radius 2 is 1.96 bits per heavy atom. The predicted octanol–water partition coefficient (Wildman–Crippen LogP) is 1.24. The predicted molar refractivity (Wildman–Crippen MR) is 91.5 cm³/mol. The molecule has 0 aromatic heterocycles. The molecule has 0 atom stereocenters. The van der Waals surface area contributed by atoms with E-state index >= 15 is 0 Å². The minimum absolute atomic E-state index is 0.00919. The molecule has 0 spiro atoms. The molecule has 2 rings (SSSR count). The van der Waals surface area contributed by atoms with Crippen LogP contribution in [-0.4, -0.2) is 56.6 Å². The van der Waals surface area contributed by atoms with Gasteiger partial charge < -0.3 is 25.0 Å². The first-order valence-corrected chi connectivity index (χ1v) is 8.26. The molecule has 7 nitrogen and oxygen atoms in total. The monoisotopic (exact) mass is 335 g/mol. The second-order valence-corrected chi connectivity index (χ2v) is 5.52. The van der Waals surface area contributed by atoms with E-state index in [2.05, 4.69) is 10.6 Å². The molecule has 0 fully saturated rings. The number of rotatable bonds is 8. The summed E-state index contributed by atoms with van der Waals surface area (Å²) in [5.41, 5.74) is 0.628. The SMILES string of the molecule is CCN(CC(=O)Nc1ccc2c(c1)OCCO2)C(=O)CCCNC. The summed E-state index contributed by atoms with van der Waals surface area (Å²) in [6.07, 6.45) is 1.20. The summed E-state index contributed by atoms with van der Waals surface area (Å²) in [5.74, 6) is 1.06. The molecule has 0 radical (unpaired) electrons. The third kappa shape index (κ3) is 5.13. The van der Waals surface area contributed by atoms with Crippen molar-refractivity contribution in [1.82, 2.24) is 10.2 Å². The van der Waals surface area contributed by atoms with Crippen molar-refractivity contribution in [3.8, 4) is 11.5 Å². The maximum atomic E-state index is 12.2. The average molecular weight is 335 g/mol. The number of ether oxygens (including phenoxy) is 2. The minimum Gasteiger partial charge on any atom is -0.486 e.